The van der Waals surface area contributed by atoms with Gasteiger partial charge < -0.3 is 14.8 Å². The number of nitrogens with one attached hydrogen (secondary N) is 1. The number of carbonyl (C=O) groups is 1. The van der Waals surface area contributed by atoms with Gasteiger partial charge in [-0.15, -0.1) is 0 Å². The molecule has 0 saturated heterocycles. The molecule has 0 fully saturated rings. The van der Waals surface area contributed by atoms with Crippen LogP contribution in [0.25, 0.3) is 0 Å². The molecule has 0 radical (unpaired) electrons. The maximum atomic E-state index is 11.4. The van der Waals surface area contributed by atoms with E-state index in [9.17, 15) is 4.79 Å². The lowest BCUT2D eigenvalue weighted by molar-refractivity contribution is -0.121. The van der Waals surface area contributed by atoms with Gasteiger partial charge in [0.1, 0.15) is 0 Å². The molecule has 0 spiro atoms. The first-order valence-corrected chi connectivity index (χ1v) is 6.42. The first-order chi connectivity index (χ1) is 8.72. The fourth-order valence-corrected chi connectivity index (χ4v) is 1.72. The molecule has 1 aliphatic heterocycles. The summed E-state index contributed by atoms with van der Waals surface area (Å²) in [6.07, 6.45) is 8.55. The predicted octanol–water partition coefficient (Wildman–Crippen LogP) is 1.82. The number of rotatable bonds is 1. The standard InChI is InChI=1S/C14H23NO3/c1-12-5-3-6-13(17-2)7-4-9-15-14(16)8-10-18-11-12/h4-5,7,13H,3,6,8-11H2,1-2H3,(H,15,16)/b7-4+,12-5-. The van der Waals surface area contributed by atoms with Gasteiger partial charge in [0.25, 0.3) is 0 Å². The molecule has 4 heteroatoms. The second-order valence-electron chi connectivity index (χ2n) is 4.44. The molecule has 0 aromatic rings. The Kier molecular flexibility index (Phi) is 7.37. The summed E-state index contributed by atoms with van der Waals surface area (Å²) in [5.74, 6) is 0.0207. The second kappa shape index (κ2) is 8.89. The molecule has 1 rings (SSSR count). The van der Waals surface area contributed by atoms with Crippen LogP contribution in [0.1, 0.15) is 26.2 Å². The fourth-order valence-electron chi connectivity index (χ4n) is 1.72. The zero-order valence-electron chi connectivity index (χ0n) is 11.3. The number of amides is 1. The highest BCUT2D eigenvalue weighted by Gasteiger charge is 2.03. The molecule has 18 heavy (non-hydrogen) atoms. The van der Waals surface area contributed by atoms with E-state index in [-0.39, 0.29) is 12.0 Å². The Morgan fingerprint density at radius 1 is 1.50 bits per heavy atom. The maximum absolute atomic E-state index is 11.4. The van der Waals surface area contributed by atoms with Crippen LogP contribution in [0, 0.1) is 0 Å². The molecule has 1 amide bonds. The topological polar surface area (TPSA) is 47.6 Å². The van der Waals surface area contributed by atoms with Crippen molar-refractivity contribution >= 4 is 5.91 Å². The van der Waals surface area contributed by atoms with Crippen molar-refractivity contribution in [3.05, 3.63) is 23.8 Å². The minimum atomic E-state index is 0.0207. The van der Waals surface area contributed by atoms with Crippen molar-refractivity contribution < 1.29 is 14.3 Å². The molecule has 1 aliphatic rings. The summed E-state index contributed by atoms with van der Waals surface area (Å²) < 4.78 is 10.8. The largest absolute Gasteiger partial charge is 0.377 e. The van der Waals surface area contributed by atoms with Crippen LogP contribution in [0.15, 0.2) is 23.8 Å². The van der Waals surface area contributed by atoms with Crippen molar-refractivity contribution in [2.45, 2.75) is 32.3 Å². The van der Waals surface area contributed by atoms with Crippen LogP contribution < -0.4 is 5.32 Å². The van der Waals surface area contributed by atoms with E-state index in [1.165, 1.54) is 5.57 Å². The molecule has 1 N–H and O–H groups in total. The number of methoxy groups -OCH3 is 1. The number of ether oxygens (including phenoxy) is 2. The summed E-state index contributed by atoms with van der Waals surface area (Å²) in [4.78, 5) is 11.4. The Labute approximate surface area is 109 Å². The van der Waals surface area contributed by atoms with Crippen molar-refractivity contribution in [1.82, 2.24) is 5.32 Å². The normalized spacial score (nSPS) is 28.7. The van der Waals surface area contributed by atoms with Gasteiger partial charge in [-0.1, -0.05) is 23.8 Å². The van der Waals surface area contributed by atoms with Crippen molar-refractivity contribution in [2.75, 3.05) is 26.9 Å². The molecule has 1 atom stereocenters. The zero-order valence-corrected chi connectivity index (χ0v) is 11.3. The van der Waals surface area contributed by atoms with E-state index >= 15 is 0 Å². The van der Waals surface area contributed by atoms with Crippen molar-refractivity contribution in [2.24, 2.45) is 0 Å². The zero-order chi connectivity index (χ0) is 13.2. The molecule has 1 heterocycles. The van der Waals surface area contributed by atoms with E-state index in [2.05, 4.69) is 11.4 Å². The van der Waals surface area contributed by atoms with Gasteiger partial charge in [-0.25, -0.2) is 0 Å². The van der Waals surface area contributed by atoms with Crippen molar-refractivity contribution in [1.29, 1.82) is 0 Å². The van der Waals surface area contributed by atoms with Crippen LogP contribution in [-0.4, -0.2) is 38.9 Å². The molecular formula is C14H23NO3. The molecule has 0 saturated carbocycles. The quantitative estimate of drug-likeness (QED) is 0.725. The smallest absolute Gasteiger partial charge is 0.222 e. The molecule has 0 aromatic heterocycles. The van der Waals surface area contributed by atoms with Gasteiger partial charge in [-0.3, -0.25) is 4.79 Å². The summed E-state index contributed by atoms with van der Waals surface area (Å²) in [6.45, 7) is 3.67. The van der Waals surface area contributed by atoms with E-state index in [4.69, 9.17) is 9.47 Å². The lowest BCUT2D eigenvalue weighted by atomic mass is 10.1. The highest BCUT2D eigenvalue weighted by atomic mass is 16.5. The summed E-state index contributed by atoms with van der Waals surface area (Å²) in [5, 5.41) is 2.82. The number of carbonyl (C=O) groups excluding carboxylic acids is 1. The Bertz CT molecular complexity index is 310. The minimum absolute atomic E-state index is 0.0207. The Morgan fingerprint density at radius 3 is 3.11 bits per heavy atom. The van der Waals surface area contributed by atoms with Gasteiger partial charge in [0.05, 0.1) is 19.3 Å². The molecule has 4 nitrogen and oxygen atoms in total. The molecule has 0 aromatic carbocycles. The third-order valence-electron chi connectivity index (χ3n) is 2.82. The summed E-state index contributed by atoms with van der Waals surface area (Å²) in [5.41, 5.74) is 1.20. The average Bonchev–Trinajstić information content (AvgIpc) is 2.36. The van der Waals surface area contributed by atoms with Crippen LogP contribution >= 0.6 is 0 Å². The molecule has 0 aliphatic carbocycles. The SMILES string of the molecule is COC1/C=C/CNC(=O)CCOC/C(C)=C\CC1. The number of hydrogen-bond donors (Lipinski definition) is 1. The van der Waals surface area contributed by atoms with E-state index in [0.29, 0.717) is 26.2 Å². The van der Waals surface area contributed by atoms with Crippen molar-refractivity contribution in [3.8, 4) is 0 Å². The Hall–Kier alpha value is -1.13. The molecule has 1 unspecified atom stereocenters. The van der Waals surface area contributed by atoms with E-state index in [0.717, 1.165) is 12.8 Å². The van der Waals surface area contributed by atoms with Gasteiger partial charge in [0.15, 0.2) is 0 Å². The summed E-state index contributed by atoms with van der Waals surface area (Å²) >= 11 is 0. The summed E-state index contributed by atoms with van der Waals surface area (Å²) in [6, 6.07) is 0. The number of allylic oxidation sites excluding steroid dienone is 1. The highest BCUT2D eigenvalue weighted by Crippen LogP contribution is 2.07. The maximum Gasteiger partial charge on any atom is 0.222 e. The van der Waals surface area contributed by atoms with Gasteiger partial charge in [-0.2, -0.15) is 0 Å². The minimum Gasteiger partial charge on any atom is -0.377 e. The predicted molar refractivity (Wildman–Crippen MR) is 71.4 cm³/mol. The van der Waals surface area contributed by atoms with Gasteiger partial charge in [0.2, 0.25) is 5.91 Å². The third-order valence-corrected chi connectivity index (χ3v) is 2.82. The average molecular weight is 253 g/mol. The van der Waals surface area contributed by atoms with E-state index < -0.39 is 0 Å². The Balaban J connectivity index is 2.53. The molecule has 102 valence electrons. The fraction of sp³-hybridized carbons (Fsp3) is 0.643. The number of hydrogen-bond acceptors (Lipinski definition) is 3. The van der Waals surface area contributed by atoms with Crippen LogP contribution in [0.3, 0.4) is 0 Å². The van der Waals surface area contributed by atoms with Crippen LogP contribution in [-0.2, 0) is 14.3 Å². The van der Waals surface area contributed by atoms with Crippen LogP contribution in [0.5, 0.6) is 0 Å². The van der Waals surface area contributed by atoms with Gasteiger partial charge in [0, 0.05) is 20.1 Å². The molecule has 0 bridgehead atoms. The van der Waals surface area contributed by atoms with E-state index in [1.54, 1.807) is 7.11 Å². The van der Waals surface area contributed by atoms with Crippen LogP contribution in [0.4, 0.5) is 0 Å². The first-order valence-electron chi connectivity index (χ1n) is 6.42. The third kappa shape index (κ3) is 6.57. The highest BCUT2D eigenvalue weighted by molar-refractivity contribution is 5.76. The van der Waals surface area contributed by atoms with Gasteiger partial charge >= 0.3 is 0 Å². The van der Waals surface area contributed by atoms with Gasteiger partial charge in [-0.05, 0) is 19.8 Å². The Morgan fingerprint density at radius 2 is 2.33 bits per heavy atom. The van der Waals surface area contributed by atoms with Crippen LogP contribution in [0.2, 0.25) is 0 Å². The summed E-state index contributed by atoms with van der Waals surface area (Å²) in [7, 11) is 1.70. The monoisotopic (exact) mass is 253 g/mol. The van der Waals surface area contributed by atoms with E-state index in [1.807, 2.05) is 19.1 Å². The van der Waals surface area contributed by atoms with Crippen molar-refractivity contribution in [3.63, 3.8) is 0 Å². The lowest BCUT2D eigenvalue weighted by Gasteiger charge is -2.11. The first kappa shape index (κ1) is 14.9. The lowest BCUT2D eigenvalue weighted by Crippen LogP contribution is -2.25. The second-order valence-corrected chi connectivity index (χ2v) is 4.44. The molecular weight excluding hydrogens is 230 g/mol.